The zero-order chi connectivity index (χ0) is 8.16. The maximum Gasteiger partial charge on any atom is 0.000517 e. The van der Waals surface area contributed by atoms with Gasteiger partial charge in [0, 0.05) is 6.54 Å². The van der Waals surface area contributed by atoms with Gasteiger partial charge in [-0.15, -0.1) is 0 Å². The Balaban J connectivity index is 1.81. The molecule has 0 bridgehead atoms. The van der Waals surface area contributed by atoms with Crippen molar-refractivity contribution in [1.82, 2.24) is 5.32 Å². The Morgan fingerprint density at radius 2 is 2.18 bits per heavy atom. The molecule has 0 atom stereocenters. The minimum absolute atomic E-state index is 0.680. The molecule has 0 heterocycles. The van der Waals surface area contributed by atoms with Crippen LogP contribution < -0.4 is 5.32 Å². The Morgan fingerprint density at radius 3 is 2.73 bits per heavy atom. The van der Waals surface area contributed by atoms with Crippen LogP contribution in [0.2, 0.25) is 0 Å². The molecule has 0 aromatic heterocycles. The molecule has 2 heteroatoms. The third-order valence-electron chi connectivity index (χ3n) is 2.36. The molecule has 0 aromatic carbocycles. The predicted molar refractivity (Wildman–Crippen MR) is 53.2 cm³/mol. The van der Waals surface area contributed by atoms with Gasteiger partial charge in [0.25, 0.3) is 0 Å². The van der Waals surface area contributed by atoms with E-state index in [9.17, 15) is 0 Å². The number of rotatable bonds is 6. The average molecular weight is 173 g/mol. The highest BCUT2D eigenvalue weighted by Gasteiger charge is 2.36. The van der Waals surface area contributed by atoms with E-state index < -0.39 is 0 Å². The van der Waals surface area contributed by atoms with E-state index in [-0.39, 0.29) is 0 Å². The molecule has 1 N–H and O–H groups in total. The van der Waals surface area contributed by atoms with Gasteiger partial charge in [0.1, 0.15) is 0 Å². The van der Waals surface area contributed by atoms with Crippen molar-refractivity contribution in [3.8, 4) is 0 Å². The maximum absolute atomic E-state index is 3.51. The highest BCUT2D eigenvalue weighted by Crippen LogP contribution is 2.43. The standard InChI is InChI=1S/C9H19NS/c1-9(4-5-9)8-10-6-3-7-11-2/h10H,3-8H2,1-2H3. The molecule has 1 saturated carbocycles. The summed E-state index contributed by atoms with van der Waals surface area (Å²) in [5.41, 5.74) is 0.680. The Bertz CT molecular complexity index is 110. The highest BCUT2D eigenvalue weighted by atomic mass is 32.2. The first-order valence-electron chi connectivity index (χ1n) is 4.46. The van der Waals surface area contributed by atoms with Crippen LogP contribution in [-0.2, 0) is 0 Å². The van der Waals surface area contributed by atoms with Crippen molar-refractivity contribution in [1.29, 1.82) is 0 Å². The molecule has 0 spiro atoms. The fourth-order valence-corrected chi connectivity index (χ4v) is 1.55. The van der Waals surface area contributed by atoms with Crippen LogP contribution in [0.25, 0.3) is 0 Å². The fourth-order valence-electron chi connectivity index (χ4n) is 1.12. The Kier molecular flexibility index (Phi) is 3.73. The van der Waals surface area contributed by atoms with Crippen molar-refractivity contribution in [2.45, 2.75) is 26.2 Å². The van der Waals surface area contributed by atoms with E-state index in [0.29, 0.717) is 5.41 Å². The number of nitrogens with one attached hydrogen (secondary N) is 1. The van der Waals surface area contributed by atoms with Crippen LogP contribution in [-0.4, -0.2) is 25.1 Å². The lowest BCUT2D eigenvalue weighted by atomic mass is 10.1. The summed E-state index contributed by atoms with van der Waals surface area (Å²) in [6, 6.07) is 0. The van der Waals surface area contributed by atoms with Crippen LogP contribution in [0.3, 0.4) is 0 Å². The van der Waals surface area contributed by atoms with E-state index in [1.165, 1.54) is 38.1 Å². The molecule has 1 rings (SSSR count). The number of thioether (sulfide) groups is 1. The summed E-state index contributed by atoms with van der Waals surface area (Å²) in [6.07, 6.45) is 6.35. The van der Waals surface area contributed by atoms with Crippen molar-refractivity contribution in [2.75, 3.05) is 25.1 Å². The quantitative estimate of drug-likeness (QED) is 0.618. The zero-order valence-electron chi connectivity index (χ0n) is 7.65. The zero-order valence-corrected chi connectivity index (χ0v) is 8.47. The minimum atomic E-state index is 0.680. The van der Waals surface area contributed by atoms with Gasteiger partial charge in [0.2, 0.25) is 0 Å². The topological polar surface area (TPSA) is 12.0 Å². The normalized spacial score (nSPS) is 20.2. The summed E-state index contributed by atoms with van der Waals surface area (Å²) in [7, 11) is 0. The van der Waals surface area contributed by atoms with Crippen molar-refractivity contribution in [3.05, 3.63) is 0 Å². The third-order valence-corrected chi connectivity index (χ3v) is 3.05. The van der Waals surface area contributed by atoms with Crippen molar-refractivity contribution in [3.63, 3.8) is 0 Å². The molecular weight excluding hydrogens is 154 g/mol. The maximum atomic E-state index is 3.51. The molecule has 1 aliphatic rings. The fraction of sp³-hybridized carbons (Fsp3) is 1.00. The second kappa shape index (κ2) is 4.36. The average Bonchev–Trinajstić information content (AvgIpc) is 2.69. The first-order valence-corrected chi connectivity index (χ1v) is 5.86. The summed E-state index contributed by atoms with van der Waals surface area (Å²) in [5, 5.41) is 3.51. The SMILES string of the molecule is CSCCCNCC1(C)CC1. The van der Waals surface area contributed by atoms with Gasteiger partial charge < -0.3 is 5.32 Å². The molecule has 0 saturated heterocycles. The molecule has 11 heavy (non-hydrogen) atoms. The molecule has 0 aliphatic heterocycles. The third kappa shape index (κ3) is 4.02. The second-order valence-corrected chi connectivity index (χ2v) is 4.82. The van der Waals surface area contributed by atoms with Crippen LogP contribution in [0, 0.1) is 5.41 Å². The van der Waals surface area contributed by atoms with Crippen LogP contribution in [0.1, 0.15) is 26.2 Å². The molecule has 0 amide bonds. The van der Waals surface area contributed by atoms with E-state index >= 15 is 0 Å². The largest absolute Gasteiger partial charge is 0.316 e. The summed E-state index contributed by atoms with van der Waals surface area (Å²) < 4.78 is 0. The Labute approximate surface area is 74.3 Å². The van der Waals surface area contributed by atoms with Crippen molar-refractivity contribution in [2.24, 2.45) is 5.41 Å². The molecule has 0 unspecified atom stereocenters. The molecule has 66 valence electrons. The van der Waals surface area contributed by atoms with E-state index in [2.05, 4.69) is 18.5 Å². The number of hydrogen-bond acceptors (Lipinski definition) is 2. The molecule has 0 radical (unpaired) electrons. The van der Waals surface area contributed by atoms with Gasteiger partial charge in [0.15, 0.2) is 0 Å². The van der Waals surface area contributed by atoms with Gasteiger partial charge in [-0.05, 0) is 43.2 Å². The molecule has 1 nitrogen and oxygen atoms in total. The minimum Gasteiger partial charge on any atom is -0.316 e. The molecule has 0 aromatic rings. The van der Waals surface area contributed by atoms with Crippen LogP contribution in [0.15, 0.2) is 0 Å². The van der Waals surface area contributed by atoms with Gasteiger partial charge in [-0.25, -0.2) is 0 Å². The van der Waals surface area contributed by atoms with Crippen molar-refractivity contribution < 1.29 is 0 Å². The summed E-state index contributed by atoms with van der Waals surface area (Å²) in [5.74, 6) is 1.30. The predicted octanol–water partition coefficient (Wildman–Crippen LogP) is 2.13. The summed E-state index contributed by atoms with van der Waals surface area (Å²) in [6.45, 7) is 4.81. The Morgan fingerprint density at radius 1 is 1.45 bits per heavy atom. The van der Waals surface area contributed by atoms with Crippen LogP contribution in [0.5, 0.6) is 0 Å². The summed E-state index contributed by atoms with van der Waals surface area (Å²) in [4.78, 5) is 0. The van der Waals surface area contributed by atoms with Gasteiger partial charge >= 0.3 is 0 Å². The number of hydrogen-bond donors (Lipinski definition) is 1. The van der Waals surface area contributed by atoms with Gasteiger partial charge in [-0.3, -0.25) is 0 Å². The smallest absolute Gasteiger partial charge is 0.000517 e. The van der Waals surface area contributed by atoms with E-state index in [1.54, 1.807) is 0 Å². The van der Waals surface area contributed by atoms with Gasteiger partial charge in [-0.1, -0.05) is 6.92 Å². The lowest BCUT2D eigenvalue weighted by Crippen LogP contribution is -2.23. The second-order valence-electron chi connectivity index (χ2n) is 3.83. The molecular formula is C9H19NS. The van der Waals surface area contributed by atoms with E-state index in [1.807, 2.05) is 11.8 Å². The first kappa shape index (κ1) is 9.40. The molecule has 1 fully saturated rings. The Hall–Kier alpha value is 0.310. The highest BCUT2D eigenvalue weighted by molar-refractivity contribution is 7.98. The van der Waals surface area contributed by atoms with Crippen LogP contribution >= 0.6 is 11.8 Å². The first-order chi connectivity index (χ1) is 5.27. The van der Waals surface area contributed by atoms with Gasteiger partial charge in [-0.2, -0.15) is 11.8 Å². The van der Waals surface area contributed by atoms with E-state index in [4.69, 9.17) is 0 Å². The van der Waals surface area contributed by atoms with Crippen LogP contribution in [0.4, 0.5) is 0 Å². The molecule has 1 aliphatic carbocycles. The summed E-state index contributed by atoms with van der Waals surface area (Å²) >= 11 is 1.94. The van der Waals surface area contributed by atoms with Gasteiger partial charge in [0.05, 0.1) is 0 Å². The monoisotopic (exact) mass is 173 g/mol. The van der Waals surface area contributed by atoms with E-state index in [0.717, 1.165) is 0 Å². The lowest BCUT2D eigenvalue weighted by Gasteiger charge is -2.08. The van der Waals surface area contributed by atoms with Crippen molar-refractivity contribution >= 4 is 11.8 Å². The lowest BCUT2D eigenvalue weighted by molar-refractivity contribution is 0.500.